The number of benzene rings is 3. The zero-order valence-electron chi connectivity index (χ0n) is 24.3. The average Bonchev–Trinajstić information content (AvgIpc) is 2.95. The maximum Gasteiger partial charge on any atom is 0.244 e. The molecule has 3 aromatic rings. The number of hydrogen-bond acceptors (Lipinski definition) is 4. The fourth-order valence-electron chi connectivity index (χ4n) is 5.39. The van der Waals surface area contributed by atoms with E-state index >= 15 is 0 Å². The molecule has 1 fully saturated rings. The number of carbonyl (C=O) groups excluding carboxylic acids is 2. The highest BCUT2D eigenvalue weighted by Crippen LogP contribution is 2.23. The summed E-state index contributed by atoms with van der Waals surface area (Å²) < 4.78 is 27.0. The molecule has 1 N–H and O–H groups in total. The van der Waals surface area contributed by atoms with Crippen molar-refractivity contribution in [2.45, 2.75) is 71.0 Å². The summed E-state index contributed by atoms with van der Waals surface area (Å²) in [5.74, 6) is -0.639. The van der Waals surface area contributed by atoms with E-state index in [1.165, 1.54) is 0 Å². The third kappa shape index (κ3) is 8.67. The minimum atomic E-state index is -3.78. The Morgan fingerprint density at radius 3 is 2.17 bits per heavy atom. The van der Waals surface area contributed by atoms with E-state index in [2.05, 4.69) is 5.32 Å². The van der Waals surface area contributed by atoms with Gasteiger partial charge in [-0.15, -0.1) is 0 Å². The van der Waals surface area contributed by atoms with Crippen LogP contribution in [0.15, 0.2) is 78.9 Å². The van der Waals surface area contributed by atoms with Crippen molar-refractivity contribution in [1.82, 2.24) is 10.2 Å². The van der Waals surface area contributed by atoms with Crippen molar-refractivity contribution in [3.63, 3.8) is 0 Å². The first-order valence-electron chi connectivity index (χ1n) is 14.3. The van der Waals surface area contributed by atoms with Gasteiger partial charge in [0.2, 0.25) is 21.8 Å². The van der Waals surface area contributed by atoms with Gasteiger partial charge in [-0.2, -0.15) is 0 Å². The maximum absolute atomic E-state index is 14.2. The molecule has 0 aliphatic heterocycles. The molecule has 218 valence electrons. The summed E-state index contributed by atoms with van der Waals surface area (Å²) in [6.07, 6.45) is 6.57. The number of sulfonamides is 1. The molecular weight excluding hydrogens is 534 g/mol. The van der Waals surface area contributed by atoms with E-state index in [0.29, 0.717) is 12.1 Å². The summed E-state index contributed by atoms with van der Waals surface area (Å²) in [6.45, 7) is 3.64. The summed E-state index contributed by atoms with van der Waals surface area (Å²) in [4.78, 5) is 29.7. The van der Waals surface area contributed by atoms with Crippen molar-refractivity contribution in [2.75, 3.05) is 17.1 Å². The molecular formula is C33H41N3O4S. The molecule has 41 heavy (non-hydrogen) atoms. The lowest BCUT2D eigenvalue weighted by Crippen LogP contribution is -2.55. The minimum absolute atomic E-state index is 0.0747. The van der Waals surface area contributed by atoms with Crippen LogP contribution in [-0.2, 0) is 32.6 Å². The molecule has 0 heterocycles. The van der Waals surface area contributed by atoms with Crippen LogP contribution in [0.2, 0.25) is 0 Å². The zero-order valence-corrected chi connectivity index (χ0v) is 25.1. The van der Waals surface area contributed by atoms with Crippen molar-refractivity contribution in [3.05, 3.63) is 101 Å². The third-order valence-electron chi connectivity index (χ3n) is 7.67. The van der Waals surface area contributed by atoms with Crippen LogP contribution in [0.5, 0.6) is 0 Å². The number of aryl methyl sites for hydroxylation is 2. The van der Waals surface area contributed by atoms with Gasteiger partial charge in [-0.1, -0.05) is 91.6 Å². The van der Waals surface area contributed by atoms with E-state index in [1.54, 1.807) is 23.1 Å². The van der Waals surface area contributed by atoms with Gasteiger partial charge in [0.15, 0.2) is 0 Å². The number of rotatable bonds is 11. The summed E-state index contributed by atoms with van der Waals surface area (Å²) in [7, 11) is -3.78. The number of amides is 2. The molecule has 1 unspecified atom stereocenters. The van der Waals surface area contributed by atoms with Crippen LogP contribution in [0.25, 0.3) is 0 Å². The molecule has 0 saturated heterocycles. The Hall–Kier alpha value is -3.65. The molecule has 1 aliphatic carbocycles. The van der Waals surface area contributed by atoms with Gasteiger partial charge in [0, 0.05) is 19.0 Å². The summed E-state index contributed by atoms with van der Waals surface area (Å²) in [6, 6.07) is 23.8. The highest BCUT2D eigenvalue weighted by molar-refractivity contribution is 7.92. The van der Waals surface area contributed by atoms with Crippen molar-refractivity contribution in [3.8, 4) is 0 Å². The predicted octanol–water partition coefficient (Wildman–Crippen LogP) is 5.16. The Kier molecular flexibility index (Phi) is 10.2. The smallest absolute Gasteiger partial charge is 0.244 e. The van der Waals surface area contributed by atoms with Crippen LogP contribution in [0.1, 0.15) is 54.4 Å². The maximum atomic E-state index is 14.2. The highest BCUT2D eigenvalue weighted by atomic mass is 32.2. The van der Waals surface area contributed by atoms with Gasteiger partial charge < -0.3 is 10.2 Å². The standard InChI is InChI=1S/C33H41N3O4S/c1-25-17-19-28(20-18-25)23-35(32(37)24-36(41(3,39)40)30-16-10-11-26(2)21-30)31(22-27-12-6-4-7-13-27)33(38)34-29-14-8-5-9-15-29/h4,6-7,10-13,16-21,29,31H,5,8-9,14-15,22-24H2,1-3H3,(H,34,38). The Morgan fingerprint density at radius 1 is 0.854 bits per heavy atom. The fraction of sp³-hybridized carbons (Fsp3) is 0.394. The normalized spacial score (nSPS) is 14.7. The Labute approximate surface area is 244 Å². The van der Waals surface area contributed by atoms with Gasteiger partial charge >= 0.3 is 0 Å². The van der Waals surface area contributed by atoms with Gasteiger partial charge in [0.05, 0.1) is 11.9 Å². The average molecular weight is 576 g/mol. The van der Waals surface area contributed by atoms with Crippen LogP contribution in [0.4, 0.5) is 5.69 Å². The largest absolute Gasteiger partial charge is 0.352 e. The van der Waals surface area contributed by atoms with Gasteiger partial charge in [-0.3, -0.25) is 13.9 Å². The third-order valence-corrected chi connectivity index (χ3v) is 8.81. The molecule has 0 aromatic heterocycles. The molecule has 1 saturated carbocycles. The van der Waals surface area contributed by atoms with Gasteiger partial charge in [-0.25, -0.2) is 8.42 Å². The van der Waals surface area contributed by atoms with Crippen LogP contribution in [-0.4, -0.2) is 50.0 Å². The lowest BCUT2D eigenvalue weighted by Gasteiger charge is -2.35. The van der Waals surface area contributed by atoms with Crippen molar-refractivity contribution >= 4 is 27.5 Å². The molecule has 0 spiro atoms. The van der Waals surface area contributed by atoms with Crippen LogP contribution >= 0.6 is 0 Å². The number of nitrogens with one attached hydrogen (secondary N) is 1. The molecule has 0 bridgehead atoms. The van der Waals surface area contributed by atoms with E-state index in [1.807, 2.05) is 74.5 Å². The van der Waals surface area contributed by atoms with Gasteiger partial charge in [0.1, 0.15) is 12.6 Å². The lowest BCUT2D eigenvalue weighted by atomic mass is 9.94. The fourth-order valence-corrected chi connectivity index (χ4v) is 6.23. The molecule has 3 aromatic carbocycles. The molecule has 1 aliphatic rings. The monoisotopic (exact) mass is 575 g/mol. The summed E-state index contributed by atoms with van der Waals surface area (Å²) in [5.41, 5.74) is 4.19. The second kappa shape index (κ2) is 13.8. The summed E-state index contributed by atoms with van der Waals surface area (Å²) in [5, 5.41) is 3.23. The molecule has 8 heteroatoms. The SMILES string of the molecule is Cc1ccc(CN(C(=O)CN(c2cccc(C)c2)S(C)(=O)=O)C(Cc2ccccc2)C(=O)NC2CCCCC2)cc1. The molecule has 7 nitrogen and oxygen atoms in total. The van der Waals surface area contributed by atoms with E-state index in [4.69, 9.17) is 0 Å². The highest BCUT2D eigenvalue weighted by Gasteiger charge is 2.34. The van der Waals surface area contributed by atoms with Crippen LogP contribution in [0.3, 0.4) is 0 Å². The van der Waals surface area contributed by atoms with Crippen molar-refractivity contribution < 1.29 is 18.0 Å². The molecule has 2 amide bonds. The Balaban J connectivity index is 1.71. The number of carbonyl (C=O) groups is 2. The van der Waals surface area contributed by atoms with Crippen molar-refractivity contribution in [1.29, 1.82) is 0 Å². The quantitative estimate of drug-likeness (QED) is 0.342. The topological polar surface area (TPSA) is 86.8 Å². The van der Waals surface area contributed by atoms with E-state index in [-0.39, 0.29) is 18.5 Å². The van der Waals surface area contributed by atoms with Gasteiger partial charge in [-0.05, 0) is 55.5 Å². The summed E-state index contributed by atoms with van der Waals surface area (Å²) >= 11 is 0. The number of hydrogen-bond donors (Lipinski definition) is 1. The lowest BCUT2D eigenvalue weighted by molar-refractivity contribution is -0.140. The Morgan fingerprint density at radius 2 is 1.54 bits per heavy atom. The van der Waals surface area contributed by atoms with Gasteiger partial charge in [0.25, 0.3) is 0 Å². The first kappa shape index (κ1) is 30.3. The second-order valence-electron chi connectivity index (χ2n) is 11.2. The number of anilines is 1. The Bertz CT molecular complexity index is 1420. The number of nitrogens with zero attached hydrogens (tertiary/aromatic N) is 2. The zero-order chi connectivity index (χ0) is 29.4. The van der Waals surface area contributed by atoms with Crippen molar-refractivity contribution in [2.24, 2.45) is 0 Å². The first-order chi connectivity index (χ1) is 19.6. The van der Waals surface area contributed by atoms with E-state index < -0.39 is 28.5 Å². The predicted molar refractivity (Wildman–Crippen MR) is 164 cm³/mol. The molecule has 1 atom stereocenters. The molecule has 0 radical (unpaired) electrons. The van der Waals surface area contributed by atoms with Crippen LogP contribution < -0.4 is 9.62 Å². The van der Waals surface area contributed by atoms with E-state index in [9.17, 15) is 18.0 Å². The second-order valence-corrected chi connectivity index (χ2v) is 13.1. The molecule has 4 rings (SSSR count). The first-order valence-corrected chi connectivity index (χ1v) is 16.2. The minimum Gasteiger partial charge on any atom is -0.352 e. The van der Waals surface area contributed by atoms with E-state index in [0.717, 1.165) is 64.9 Å². The van der Waals surface area contributed by atoms with Crippen LogP contribution in [0, 0.1) is 13.8 Å².